The molecule has 3 unspecified atom stereocenters. The summed E-state index contributed by atoms with van der Waals surface area (Å²) in [7, 11) is 0. The molecule has 2 saturated carbocycles. The fraction of sp³-hybridized carbons (Fsp3) is 0.400. The standard InChI is InChI=1S/C25H24F2N2O5/c26-25(27)19-9-13(10-20(19)25)28-23(32)21(11-22(30)31)29-24(33)34-12-18-16-7-3-1-5-14(16)15-6-2-4-8-17(15)18/h1-8,13,18-21H,9-12H2,(H,28,32)(H,29,33)(H,30,31). The zero-order valence-electron chi connectivity index (χ0n) is 18.2. The fourth-order valence-electron chi connectivity index (χ4n) is 5.40. The maximum absolute atomic E-state index is 13.4. The number of alkyl carbamates (subject to hydrolysis) is 1. The molecule has 178 valence electrons. The molecule has 3 aliphatic rings. The summed E-state index contributed by atoms with van der Waals surface area (Å²) in [5.74, 6) is -6.31. The Morgan fingerprint density at radius 1 is 1.00 bits per heavy atom. The second kappa shape index (κ2) is 8.38. The van der Waals surface area contributed by atoms with E-state index in [4.69, 9.17) is 4.74 Å². The Morgan fingerprint density at radius 3 is 2.12 bits per heavy atom. The highest BCUT2D eigenvalue weighted by Gasteiger charge is 2.71. The SMILES string of the molecule is O=C(O)CC(NC(=O)OCC1c2ccccc2-c2ccccc21)C(=O)NC1CC2C(C1)C2(F)F. The van der Waals surface area contributed by atoms with Gasteiger partial charge in [0.1, 0.15) is 12.6 Å². The molecule has 9 heteroatoms. The van der Waals surface area contributed by atoms with E-state index >= 15 is 0 Å². The van der Waals surface area contributed by atoms with Gasteiger partial charge in [-0.25, -0.2) is 13.6 Å². The summed E-state index contributed by atoms with van der Waals surface area (Å²) in [6.07, 6.45) is -1.27. The van der Waals surface area contributed by atoms with Crippen molar-refractivity contribution in [1.82, 2.24) is 10.6 Å². The summed E-state index contributed by atoms with van der Waals surface area (Å²) in [5.41, 5.74) is 4.17. The van der Waals surface area contributed by atoms with Crippen LogP contribution in [-0.2, 0) is 14.3 Å². The van der Waals surface area contributed by atoms with Crippen LogP contribution >= 0.6 is 0 Å². The number of hydrogen-bond acceptors (Lipinski definition) is 4. The molecule has 2 amide bonds. The van der Waals surface area contributed by atoms with Crippen LogP contribution in [-0.4, -0.2) is 47.7 Å². The molecule has 2 aromatic carbocycles. The van der Waals surface area contributed by atoms with E-state index in [1.807, 2.05) is 48.5 Å². The van der Waals surface area contributed by atoms with E-state index in [9.17, 15) is 28.3 Å². The molecule has 2 fully saturated rings. The van der Waals surface area contributed by atoms with Crippen LogP contribution in [0.25, 0.3) is 11.1 Å². The Balaban J connectivity index is 1.20. The van der Waals surface area contributed by atoms with Crippen molar-refractivity contribution >= 4 is 18.0 Å². The van der Waals surface area contributed by atoms with Crippen molar-refractivity contribution in [3.8, 4) is 11.1 Å². The molecule has 3 atom stereocenters. The van der Waals surface area contributed by atoms with Crippen molar-refractivity contribution in [3.05, 3.63) is 59.7 Å². The van der Waals surface area contributed by atoms with E-state index in [1.165, 1.54) is 0 Å². The Kier molecular flexibility index (Phi) is 5.50. The second-order valence-corrected chi connectivity index (χ2v) is 9.18. The van der Waals surface area contributed by atoms with Crippen molar-refractivity contribution in [2.75, 3.05) is 6.61 Å². The molecule has 0 radical (unpaired) electrons. The van der Waals surface area contributed by atoms with Crippen molar-refractivity contribution in [2.24, 2.45) is 11.8 Å². The zero-order valence-corrected chi connectivity index (χ0v) is 18.2. The summed E-state index contributed by atoms with van der Waals surface area (Å²) in [4.78, 5) is 36.4. The van der Waals surface area contributed by atoms with Crippen LogP contribution in [0.2, 0.25) is 0 Å². The third kappa shape index (κ3) is 3.99. The molecule has 0 heterocycles. The number of carbonyl (C=O) groups excluding carboxylic acids is 2. The van der Waals surface area contributed by atoms with Gasteiger partial charge in [-0.1, -0.05) is 48.5 Å². The van der Waals surface area contributed by atoms with Crippen LogP contribution in [0.5, 0.6) is 0 Å². The molecule has 34 heavy (non-hydrogen) atoms. The molecule has 0 saturated heterocycles. The summed E-state index contributed by atoms with van der Waals surface area (Å²) in [6.45, 7) is 0.0162. The van der Waals surface area contributed by atoms with Gasteiger partial charge in [-0.3, -0.25) is 9.59 Å². The van der Waals surface area contributed by atoms with E-state index in [-0.39, 0.29) is 25.4 Å². The lowest BCUT2D eigenvalue weighted by Gasteiger charge is -2.22. The highest BCUT2D eigenvalue weighted by Crippen LogP contribution is 2.64. The van der Waals surface area contributed by atoms with Gasteiger partial charge in [0.2, 0.25) is 5.91 Å². The maximum atomic E-state index is 13.4. The molecule has 0 aliphatic heterocycles. The average molecular weight is 470 g/mol. The largest absolute Gasteiger partial charge is 0.481 e. The molecule has 3 N–H and O–H groups in total. The fourth-order valence-corrected chi connectivity index (χ4v) is 5.40. The number of nitrogens with one attached hydrogen (secondary N) is 2. The van der Waals surface area contributed by atoms with Gasteiger partial charge in [-0.2, -0.15) is 0 Å². The average Bonchev–Trinajstić information content (AvgIpc) is 3.15. The number of carboxylic acid groups (broad SMARTS) is 1. The van der Waals surface area contributed by atoms with Crippen molar-refractivity contribution in [1.29, 1.82) is 0 Å². The monoisotopic (exact) mass is 470 g/mol. The molecule has 2 aromatic rings. The van der Waals surface area contributed by atoms with Crippen LogP contribution in [0, 0.1) is 11.8 Å². The predicted molar refractivity (Wildman–Crippen MR) is 117 cm³/mol. The molecule has 0 aromatic heterocycles. The van der Waals surface area contributed by atoms with Crippen molar-refractivity contribution in [2.45, 2.75) is 43.2 Å². The highest BCUT2D eigenvalue weighted by molar-refractivity contribution is 5.89. The van der Waals surface area contributed by atoms with E-state index in [0.29, 0.717) is 0 Å². The number of aliphatic carboxylic acids is 1. The van der Waals surface area contributed by atoms with E-state index < -0.39 is 54.2 Å². The van der Waals surface area contributed by atoms with Gasteiger partial charge in [0.25, 0.3) is 5.92 Å². The van der Waals surface area contributed by atoms with E-state index in [0.717, 1.165) is 22.3 Å². The van der Waals surface area contributed by atoms with Crippen molar-refractivity contribution in [3.63, 3.8) is 0 Å². The summed E-state index contributed by atoms with van der Waals surface area (Å²) in [5, 5.41) is 14.1. The van der Waals surface area contributed by atoms with Gasteiger partial charge in [-0.05, 0) is 35.1 Å². The Bertz CT molecular complexity index is 1090. The number of hydrogen-bond donors (Lipinski definition) is 3. The summed E-state index contributed by atoms with van der Waals surface area (Å²) in [6, 6.07) is 13.8. The van der Waals surface area contributed by atoms with Gasteiger partial charge < -0.3 is 20.5 Å². The smallest absolute Gasteiger partial charge is 0.407 e. The first kappa shape index (κ1) is 22.3. The normalized spacial score (nSPS) is 24.4. The van der Waals surface area contributed by atoms with E-state index in [2.05, 4.69) is 10.6 Å². The Labute approximate surface area is 194 Å². The lowest BCUT2D eigenvalue weighted by molar-refractivity contribution is -0.140. The van der Waals surface area contributed by atoms with Crippen LogP contribution in [0.4, 0.5) is 13.6 Å². The number of ether oxygens (including phenoxy) is 1. The molecule has 0 bridgehead atoms. The number of fused-ring (bicyclic) bond motifs is 4. The summed E-state index contributed by atoms with van der Waals surface area (Å²) >= 11 is 0. The maximum Gasteiger partial charge on any atom is 0.407 e. The number of carboxylic acids is 1. The van der Waals surface area contributed by atoms with Crippen molar-refractivity contribution < 1.29 is 33.0 Å². The highest BCUT2D eigenvalue weighted by atomic mass is 19.3. The number of rotatable bonds is 7. The molecule has 7 nitrogen and oxygen atoms in total. The Hall–Kier alpha value is -3.49. The molecular weight excluding hydrogens is 446 g/mol. The van der Waals surface area contributed by atoms with Gasteiger partial charge in [-0.15, -0.1) is 0 Å². The third-order valence-electron chi connectivity index (χ3n) is 7.12. The topological polar surface area (TPSA) is 105 Å². The van der Waals surface area contributed by atoms with Gasteiger partial charge in [0, 0.05) is 23.8 Å². The van der Waals surface area contributed by atoms with Crippen LogP contribution in [0.1, 0.15) is 36.3 Å². The Morgan fingerprint density at radius 2 is 1.56 bits per heavy atom. The quantitative estimate of drug-likeness (QED) is 0.574. The summed E-state index contributed by atoms with van der Waals surface area (Å²) < 4.78 is 32.2. The van der Waals surface area contributed by atoms with E-state index in [1.54, 1.807) is 0 Å². The number of alkyl halides is 2. The number of amides is 2. The molecular formula is C25H24F2N2O5. The zero-order chi connectivity index (χ0) is 24.0. The minimum atomic E-state index is -2.67. The number of carbonyl (C=O) groups is 3. The third-order valence-corrected chi connectivity index (χ3v) is 7.12. The number of halogens is 2. The first-order valence-electron chi connectivity index (χ1n) is 11.3. The first-order valence-corrected chi connectivity index (χ1v) is 11.3. The van der Waals surface area contributed by atoms with Crippen LogP contribution in [0.15, 0.2) is 48.5 Å². The van der Waals surface area contributed by atoms with Crippen LogP contribution in [0.3, 0.4) is 0 Å². The van der Waals surface area contributed by atoms with Gasteiger partial charge in [0.15, 0.2) is 0 Å². The lowest BCUT2D eigenvalue weighted by atomic mass is 9.98. The minimum Gasteiger partial charge on any atom is -0.481 e. The second-order valence-electron chi connectivity index (χ2n) is 9.18. The van der Waals surface area contributed by atoms with Gasteiger partial charge in [0.05, 0.1) is 6.42 Å². The molecule has 0 spiro atoms. The number of benzene rings is 2. The minimum absolute atomic E-state index is 0.0162. The van der Waals surface area contributed by atoms with Crippen LogP contribution < -0.4 is 10.6 Å². The first-order chi connectivity index (χ1) is 16.3. The predicted octanol–water partition coefficient (Wildman–Crippen LogP) is 3.53. The lowest BCUT2D eigenvalue weighted by Crippen LogP contribution is -2.50. The molecule has 3 aliphatic carbocycles. The van der Waals surface area contributed by atoms with Gasteiger partial charge >= 0.3 is 12.1 Å². The molecule has 5 rings (SSSR count).